The molecule has 3 aromatic rings. The molecule has 1 aromatic heterocycles. The van der Waals surface area contributed by atoms with Crippen LogP contribution in [-0.2, 0) is 11.0 Å². The fraction of sp³-hybridized carbons (Fsp3) is 0.0952. The molecule has 10 heteroatoms. The molecule has 0 saturated carbocycles. The first kappa shape index (κ1) is 22.2. The summed E-state index contributed by atoms with van der Waals surface area (Å²) in [5.74, 6) is 0.413. The zero-order chi connectivity index (χ0) is 22.3. The average Bonchev–Trinajstić information content (AvgIpc) is 3.26. The summed E-state index contributed by atoms with van der Waals surface area (Å²) in [7, 11) is 0. The Bertz CT molecular complexity index is 1190. The fourth-order valence-corrected chi connectivity index (χ4v) is 5.02. The summed E-state index contributed by atoms with van der Waals surface area (Å²) in [6.45, 7) is 0. The molecule has 1 aliphatic heterocycles. The van der Waals surface area contributed by atoms with Crippen LogP contribution in [0.3, 0.4) is 0 Å². The lowest BCUT2D eigenvalue weighted by Gasteiger charge is -2.20. The van der Waals surface area contributed by atoms with E-state index in [1.807, 2.05) is 0 Å². The number of amides is 1. The summed E-state index contributed by atoms with van der Waals surface area (Å²) in [6, 6.07) is 12.9. The molecule has 0 spiro atoms. The first-order valence-corrected chi connectivity index (χ1v) is 10.9. The lowest BCUT2D eigenvalue weighted by atomic mass is 10.2. The Hall–Kier alpha value is -2.00. The standard InChI is InChI=1S/C21H12Cl2F3NO2S2/c22-12-4-6-15(16(23)9-12)17-7-5-14(29-17)10-18-19(28)27(20(30)31-18)13-3-1-2-11(8-13)21(24,25)26/h1-10,20,30H/b18-10-. The number of halogens is 5. The van der Waals surface area contributed by atoms with Gasteiger partial charge in [0.2, 0.25) is 0 Å². The minimum atomic E-state index is -4.51. The molecule has 3 nitrogen and oxygen atoms in total. The third-order valence-corrected chi connectivity index (χ3v) is 6.49. The second-order valence-corrected chi connectivity index (χ2v) is 9.31. The van der Waals surface area contributed by atoms with Crippen molar-refractivity contribution < 1.29 is 22.4 Å². The molecule has 0 radical (unpaired) electrons. The maximum Gasteiger partial charge on any atom is 0.416 e. The normalized spacial score (nSPS) is 18.3. The lowest BCUT2D eigenvalue weighted by Crippen LogP contribution is -2.29. The van der Waals surface area contributed by atoms with Crippen LogP contribution in [0.2, 0.25) is 10.0 Å². The van der Waals surface area contributed by atoms with Crippen LogP contribution in [0.15, 0.2) is 63.9 Å². The maximum atomic E-state index is 13.0. The first-order chi connectivity index (χ1) is 14.6. The molecular formula is C21H12Cl2F3NO2S2. The van der Waals surface area contributed by atoms with Crippen LogP contribution in [0.25, 0.3) is 17.4 Å². The number of carbonyl (C=O) groups excluding carboxylic acids is 1. The second kappa shape index (κ2) is 8.50. The minimum Gasteiger partial charge on any atom is -0.457 e. The molecule has 31 heavy (non-hydrogen) atoms. The zero-order valence-electron chi connectivity index (χ0n) is 15.4. The number of hydrogen-bond donors (Lipinski definition) is 1. The quantitative estimate of drug-likeness (QED) is 0.296. The van der Waals surface area contributed by atoms with E-state index in [4.69, 9.17) is 27.6 Å². The van der Waals surface area contributed by atoms with Gasteiger partial charge in [-0.1, -0.05) is 41.0 Å². The monoisotopic (exact) mass is 501 g/mol. The smallest absolute Gasteiger partial charge is 0.416 e. The van der Waals surface area contributed by atoms with E-state index >= 15 is 0 Å². The topological polar surface area (TPSA) is 33.5 Å². The van der Waals surface area contributed by atoms with Gasteiger partial charge in [-0.25, -0.2) is 0 Å². The van der Waals surface area contributed by atoms with E-state index in [2.05, 4.69) is 12.6 Å². The average molecular weight is 502 g/mol. The Morgan fingerprint density at radius 2 is 1.87 bits per heavy atom. The third kappa shape index (κ3) is 4.62. The Kier molecular flexibility index (Phi) is 6.09. The molecule has 2 heterocycles. The number of alkyl halides is 3. The van der Waals surface area contributed by atoms with Crippen LogP contribution in [-0.4, -0.2) is 10.6 Å². The molecule has 1 saturated heterocycles. The van der Waals surface area contributed by atoms with Gasteiger partial charge in [-0.3, -0.25) is 9.69 Å². The molecule has 1 amide bonds. The Morgan fingerprint density at radius 3 is 2.58 bits per heavy atom. The van der Waals surface area contributed by atoms with Gasteiger partial charge < -0.3 is 4.42 Å². The van der Waals surface area contributed by atoms with Crippen molar-refractivity contribution >= 4 is 65.3 Å². The van der Waals surface area contributed by atoms with Gasteiger partial charge in [0.05, 0.1) is 15.5 Å². The van der Waals surface area contributed by atoms with Crippen molar-refractivity contribution in [1.82, 2.24) is 0 Å². The van der Waals surface area contributed by atoms with E-state index in [0.717, 1.165) is 23.9 Å². The highest BCUT2D eigenvalue weighted by Crippen LogP contribution is 2.42. The number of thiol groups is 1. The fourth-order valence-electron chi connectivity index (χ4n) is 3.00. The number of thioether (sulfide) groups is 1. The number of nitrogens with zero attached hydrogens (tertiary/aromatic N) is 1. The highest BCUT2D eigenvalue weighted by atomic mass is 35.5. The SMILES string of the molecule is O=C1/C(=C/c2ccc(-c3ccc(Cl)cc3Cl)o2)SC(S)N1c1cccc(C(F)(F)F)c1. The van der Waals surface area contributed by atoms with Crippen LogP contribution >= 0.6 is 47.6 Å². The van der Waals surface area contributed by atoms with Crippen LogP contribution in [0.5, 0.6) is 0 Å². The van der Waals surface area contributed by atoms with E-state index < -0.39 is 22.4 Å². The zero-order valence-corrected chi connectivity index (χ0v) is 18.6. The molecule has 4 rings (SSSR count). The molecule has 1 atom stereocenters. The number of rotatable bonds is 3. The van der Waals surface area contributed by atoms with Gasteiger partial charge in [0.25, 0.3) is 5.91 Å². The van der Waals surface area contributed by atoms with Gasteiger partial charge >= 0.3 is 6.18 Å². The predicted molar refractivity (Wildman–Crippen MR) is 121 cm³/mol. The van der Waals surface area contributed by atoms with Crippen molar-refractivity contribution in [1.29, 1.82) is 0 Å². The minimum absolute atomic E-state index is 0.115. The van der Waals surface area contributed by atoms with Crippen molar-refractivity contribution in [2.45, 2.75) is 10.9 Å². The van der Waals surface area contributed by atoms with Gasteiger partial charge in [0, 0.05) is 22.3 Å². The summed E-state index contributed by atoms with van der Waals surface area (Å²) in [4.78, 5) is 14.4. The van der Waals surface area contributed by atoms with E-state index in [0.29, 0.717) is 32.0 Å². The van der Waals surface area contributed by atoms with Crippen molar-refractivity contribution in [2.75, 3.05) is 4.90 Å². The van der Waals surface area contributed by atoms with Crippen LogP contribution in [0.1, 0.15) is 11.3 Å². The third-order valence-electron chi connectivity index (χ3n) is 4.43. The number of furan rings is 1. The molecular weight excluding hydrogens is 490 g/mol. The van der Waals surface area contributed by atoms with Gasteiger partial charge in [0.1, 0.15) is 16.2 Å². The molecule has 1 unspecified atom stereocenters. The predicted octanol–water partition coefficient (Wildman–Crippen LogP) is 7.61. The molecule has 0 N–H and O–H groups in total. The van der Waals surface area contributed by atoms with Crippen molar-refractivity contribution in [3.05, 3.63) is 80.9 Å². The lowest BCUT2D eigenvalue weighted by molar-refractivity contribution is -0.137. The number of hydrogen-bond acceptors (Lipinski definition) is 4. The molecule has 0 aliphatic carbocycles. The summed E-state index contributed by atoms with van der Waals surface area (Å²) >= 11 is 17.6. The highest BCUT2D eigenvalue weighted by Gasteiger charge is 2.37. The molecule has 160 valence electrons. The maximum absolute atomic E-state index is 13.0. The number of benzene rings is 2. The van der Waals surface area contributed by atoms with Gasteiger partial charge in [0.15, 0.2) is 0 Å². The molecule has 1 aliphatic rings. The summed E-state index contributed by atoms with van der Waals surface area (Å²) < 4.78 is 44.2. The van der Waals surface area contributed by atoms with Crippen molar-refractivity contribution in [3.8, 4) is 11.3 Å². The van der Waals surface area contributed by atoms with Gasteiger partial charge in [-0.15, -0.1) is 12.6 Å². The Labute approximate surface area is 195 Å². The van der Waals surface area contributed by atoms with E-state index in [1.165, 1.54) is 23.1 Å². The van der Waals surface area contributed by atoms with E-state index in [9.17, 15) is 18.0 Å². The van der Waals surface area contributed by atoms with Gasteiger partial charge in [-0.05, 0) is 48.5 Å². The van der Waals surface area contributed by atoms with Gasteiger partial charge in [-0.2, -0.15) is 13.2 Å². The largest absolute Gasteiger partial charge is 0.457 e. The van der Waals surface area contributed by atoms with Crippen LogP contribution in [0, 0.1) is 0 Å². The van der Waals surface area contributed by atoms with Crippen LogP contribution in [0.4, 0.5) is 18.9 Å². The van der Waals surface area contributed by atoms with Crippen molar-refractivity contribution in [3.63, 3.8) is 0 Å². The number of carbonyl (C=O) groups is 1. The Balaban J connectivity index is 1.61. The van der Waals surface area contributed by atoms with E-state index in [-0.39, 0.29) is 5.69 Å². The van der Waals surface area contributed by atoms with Crippen molar-refractivity contribution in [2.24, 2.45) is 0 Å². The number of anilines is 1. The second-order valence-electron chi connectivity index (χ2n) is 6.50. The molecule has 1 fully saturated rings. The summed E-state index contributed by atoms with van der Waals surface area (Å²) in [5, 5.41) is 0.906. The van der Waals surface area contributed by atoms with Crippen LogP contribution < -0.4 is 4.90 Å². The van der Waals surface area contributed by atoms with E-state index in [1.54, 1.807) is 30.3 Å². The highest BCUT2D eigenvalue weighted by molar-refractivity contribution is 8.14. The summed E-state index contributed by atoms with van der Waals surface area (Å²) in [5.41, 5.74) is -0.0844. The summed E-state index contributed by atoms with van der Waals surface area (Å²) in [6.07, 6.45) is -2.98. The molecule has 2 aromatic carbocycles. The Morgan fingerprint density at radius 1 is 1.10 bits per heavy atom. The molecule has 0 bridgehead atoms. The first-order valence-electron chi connectivity index (χ1n) is 8.76.